The highest BCUT2D eigenvalue weighted by Gasteiger charge is 2.22. The molecule has 5 heteroatoms. The van der Waals surface area contributed by atoms with Crippen molar-refractivity contribution >= 4 is 5.57 Å². The van der Waals surface area contributed by atoms with Gasteiger partial charge < -0.3 is 10.6 Å². The fourth-order valence-electron chi connectivity index (χ4n) is 3.90. The number of benzene rings is 1. The molecule has 0 bridgehead atoms. The first kappa shape index (κ1) is 23.3. The minimum absolute atomic E-state index is 0.778. The minimum atomic E-state index is 0.778. The van der Waals surface area contributed by atoms with E-state index in [0.29, 0.717) is 0 Å². The van der Waals surface area contributed by atoms with Crippen molar-refractivity contribution in [3.63, 3.8) is 0 Å². The van der Waals surface area contributed by atoms with Crippen LogP contribution in [0.2, 0.25) is 0 Å². The van der Waals surface area contributed by atoms with Gasteiger partial charge in [0.2, 0.25) is 0 Å². The van der Waals surface area contributed by atoms with Gasteiger partial charge in [-0.2, -0.15) is 5.10 Å². The Balaban J connectivity index is 0.000000352. The van der Waals surface area contributed by atoms with Gasteiger partial charge in [-0.25, -0.2) is 4.98 Å². The molecule has 0 amide bonds. The Bertz CT molecular complexity index is 1040. The lowest BCUT2D eigenvalue weighted by Gasteiger charge is -2.31. The van der Waals surface area contributed by atoms with Gasteiger partial charge in [0.1, 0.15) is 5.69 Å². The zero-order chi connectivity index (χ0) is 23.1. The van der Waals surface area contributed by atoms with Crippen LogP contribution in [0, 0.1) is 30.9 Å². The third-order valence-corrected chi connectivity index (χ3v) is 5.63. The topological polar surface area (TPSA) is 70.8 Å². The van der Waals surface area contributed by atoms with Gasteiger partial charge in [-0.3, -0.25) is 5.10 Å². The molecule has 3 aromatic rings. The molecule has 0 spiro atoms. The largest absolute Gasteiger partial charge is 0.383 e. The number of aromatic nitrogens is 3. The molecule has 166 valence electrons. The van der Waals surface area contributed by atoms with Gasteiger partial charge in [0.05, 0.1) is 17.5 Å². The summed E-state index contributed by atoms with van der Waals surface area (Å²) in [6, 6.07) is 14.6. The van der Waals surface area contributed by atoms with E-state index in [0.717, 1.165) is 57.6 Å². The summed E-state index contributed by atoms with van der Waals surface area (Å²) in [5.41, 5.74) is 12.1. The lowest BCUT2D eigenvalue weighted by Crippen LogP contribution is -2.27. The smallest absolute Gasteiger partial charge is 0.121 e. The van der Waals surface area contributed by atoms with Crippen molar-refractivity contribution in [1.82, 2.24) is 20.1 Å². The lowest BCUT2D eigenvalue weighted by molar-refractivity contribution is 0.220. The van der Waals surface area contributed by atoms with Gasteiger partial charge in [0, 0.05) is 37.6 Å². The van der Waals surface area contributed by atoms with Crippen LogP contribution >= 0.6 is 0 Å². The highest BCUT2D eigenvalue weighted by molar-refractivity contribution is 5.76. The van der Waals surface area contributed by atoms with E-state index in [2.05, 4.69) is 48.0 Å². The van der Waals surface area contributed by atoms with Gasteiger partial charge in [-0.1, -0.05) is 43.8 Å². The van der Waals surface area contributed by atoms with E-state index in [1.54, 1.807) is 6.20 Å². The molecular formula is C27H33N5. The van der Waals surface area contributed by atoms with Crippen LogP contribution in [-0.4, -0.2) is 40.7 Å². The Kier molecular flexibility index (Phi) is 7.86. The summed E-state index contributed by atoms with van der Waals surface area (Å²) < 4.78 is 0. The Labute approximate surface area is 192 Å². The zero-order valence-electron chi connectivity index (χ0n) is 19.5. The fourth-order valence-corrected chi connectivity index (χ4v) is 3.90. The fraction of sp³-hybridized carbons (Fsp3) is 0.333. The molecule has 0 radical (unpaired) electrons. The molecule has 0 saturated heterocycles. The van der Waals surface area contributed by atoms with Crippen LogP contribution in [0.4, 0.5) is 0 Å². The quantitative estimate of drug-likeness (QED) is 0.535. The molecule has 0 unspecified atom stereocenters. The van der Waals surface area contributed by atoms with Gasteiger partial charge in [-0.15, -0.1) is 0 Å². The molecule has 3 N–H and O–H groups in total. The zero-order valence-corrected chi connectivity index (χ0v) is 19.5. The van der Waals surface area contributed by atoms with Crippen molar-refractivity contribution in [3.8, 4) is 22.4 Å². The van der Waals surface area contributed by atoms with E-state index in [4.69, 9.17) is 10.7 Å². The molecule has 32 heavy (non-hydrogen) atoms. The van der Waals surface area contributed by atoms with Gasteiger partial charge >= 0.3 is 0 Å². The van der Waals surface area contributed by atoms with Gasteiger partial charge in [-0.05, 0) is 61.4 Å². The maximum absolute atomic E-state index is 5.40. The van der Waals surface area contributed by atoms with Crippen molar-refractivity contribution < 1.29 is 0 Å². The van der Waals surface area contributed by atoms with Crippen LogP contribution in [0.25, 0.3) is 28.0 Å². The van der Waals surface area contributed by atoms with Crippen LogP contribution in [0.5, 0.6) is 0 Å². The summed E-state index contributed by atoms with van der Waals surface area (Å²) in [6.45, 7) is 9.08. The highest BCUT2D eigenvalue weighted by atomic mass is 15.1. The number of nitrogens with zero attached hydrogens (tertiary/aromatic N) is 3. The number of allylic oxidation sites excluding steroid dienone is 2. The van der Waals surface area contributed by atoms with Crippen molar-refractivity contribution in [2.75, 3.05) is 20.6 Å². The molecule has 5 nitrogen and oxygen atoms in total. The Hall–Kier alpha value is -3.36. The maximum atomic E-state index is 5.40. The van der Waals surface area contributed by atoms with Crippen molar-refractivity contribution in [2.45, 2.75) is 26.7 Å². The predicted octanol–water partition coefficient (Wildman–Crippen LogP) is 5.13. The molecule has 1 saturated carbocycles. The number of hydrogen-bond acceptors (Lipinski definition) is 4. The van der Waals surface area contributed by atoms with Gasteiger partial charge in [0.15, 0.2) is 0 Å². The third kappa shape index (κ3) is 5.87. The number of aromatic amines is 1. The molecule has 1 aliphatic rings. The minimum Gasteiger partial charge on any atom is -0.383 e. The average molecular weight is 428 g/mol. The summed E-state index contributed by atoms with van der Waals surface area (Å²) in [4.78, 5) is 6.71. The number of nitrogens with one attached hydrogen (secondary N) is 1. The van der Waals surface area contributed by atoms with Crippen molar-refractivity contribution in [3.05, 3.63) is 78.9 Å². The first-order chi connectivity index (χ1) is 15.4. The molecular weight excluding hydrogens is 394 g/mol. The summed E-state index contributed by atoms with van der Waals surface area (Å²) >= 11 is 0. The van der Waals surface area contributed by atoms with E-state index < -0.39 is 0 Å². The number of hydrogen-bond donors (Lipinski definition) is 2. The monoisotopic (exact) mass is 427 g/mol. The molecule has 0 atom stereocenters. The first-order valence-electron chi connectivity index (χ1n) is 11.0. The van der Waals surface area contributed by atoms with E-state index >= 15 is 0 Å². The molecule has 2 heterocycles. The van der Waals surface area contributed by atoms with Crippen molar-refractivity contribution in [2.24, 2.45) is 17.6 Å². The van der Waals surface area contributed by atoms with Crippen LogP contribution in [-0.2, 0) is 0 Å². The van der Waals surface area contributed by atoms with Crippen LogP contribution in [0.3, 0.4) is 0 Å². The lowest BCUT2D eigenvalue weighted by atomic mass is 9.76. The summed E-state index contributed by atoms with van der Waals surface area (Å²) in [7, 11) is 3.99. The number of H-pyrrole nitrogens is 1. The summed E-state index contributed by atoms with van der Waals surface area (Å²) in [6.07, 6.45) is 10.2. The first-order valence-corrected chi connectivity index (χ1v) is 11.0. The predicted molar refractivity (Wildman–Crippen MR) is 132 cm³/mol. The highest BCUT2D eigenvalue weighted by Crippen LogP contribution is 2.31. The van der Waals surface area contributed by atoms with Gasteiger partial charge in [0.25, 0.3) is 0 Å². The molecule has 1 aliphatic carbocycles. The van der Waals surface area contributed by atoms with Crippen LogP contribution in [0.1, 0.15) is 31.0 Å². The second-order valence-corrected chi connectivity index (χ2v) is 8.67. The molecule has 0 aliphatic heterocycles. The number of nitrogens with two attached hydrogens (primary N) is 1. The molecule has 1 fully saturated rings. The number of aryl methyl sites for hydroxylation is 1. The van der Waals surface area contributed by atoms with E-state index in [1.807, 2.05) is 56.5 Å². The normalized spacial score (nSPS) is 17.5. The third-order valence-electron chi connectivity index (χ3n) is 5.63. The van der Waals surface area contributed by atoms with Crippen LogP contribution < -0.4 is 5.73 Å². The molecule has 1 aromatic carbocycles. The second kappa shape index (κ2) is 10.8. The van der Waals surface area contributed by atoms with E-state index in [-0.39, 0.29) is 0 Å². The van der Waals surface area contributed by atoms with E-state index in [9.17, 15) is 0 Å². The molecule has 2 aromatic heterocycles. The summed E-state index contributed by atoms with van der Waals surface area (Å²) in [5.74, 6) is 1.84. The van der Waals surface area contributed by atoms with Crippen molar-refractivity contribution in [1.29, 1.82) is 0 Å². The maximum Gasteiger partial charge on any atom is 0.121 e. The molecule has 4 rings (SSSR count). The van der Waals surface area contributed by atoms with Crippen LogP contribution in [0.15, 0.2) is 55.5 Å². The Morgan fingerprint density at radius 1 is 1.28 bits per heavy atom. The summed E-state index contributed by atoms with van der Waals surface area (Å²) in [5, 5.41) is 6.79. The average Bonchev–Trinajstić information content (AvgIpc) is 3.30. The second-order valence-electron chi connectivity index (χ2n) is 8.67. The van der Waals surface area contributed by atoms with E-state index in [1.165, 1.54) is 12.8 Å². The number of rotatable bonds is 6. The SMILES string of the molecule is C=C/C(=C\N(C)C)c1cccc(-c2c#cc(-c3cn[nH]c3)c(C)n2)c1.CC1CC(CN)C1. The standard InChI is InChI=1S/C21H20N4.C6H13N/c1-5-16(14-25(3)4)17-7-6-8-18(11-17)21-10-9-20(15(2)24-21)19-12-22-23-13-19;1-5-2-6(3-5)4-7/h5-8,11-14H,1H2,2-4H3,(H,22,23);5-6H,2-4,7H2,1H3/b16-14+;. The Morgan fingerprint density at radius 3 is 2.59 bits per heavy atom. The Morgan fingerprint density at radius 2 is 2.06 bits per heavy atom.